The summed E-state index contributed by atoms with van der Waals surface area (Å²) in [5, 5.41) is 0. The van der Waals surface area contributed by atoms with Gasteiger partial charge in [-0.25, -0.2) is 0 Å². The number of nitrogen functional groups attached to an aromatic ring is 1. The van der Waals surface area contributed by atoms with E-state index in [2.05, 4.69) is 4.98 Å². The Bertz CT molecular complexity index is 420. The van der Waals surface area contributed by atoms with Gasteiger partial charge in [0.25, 0.3) is 0 Å². The van der Waals surface area contributed by atoms with Gasteiger partial charge in [-0.3, -0.25) is 4.98 Å². The van der Waals surface area contributed by atoms with Crippen LogP contribution >= 0.6 is 0 Å². The Morgan fingerprint density at radius 1 is 1.38 bits per heavy atom. The number of aryl methyl sites for hydroxylation is 1. The molecule has 2 aromatic heterocycles. The lowest BCUT2D eigenvalue weighted by Crippen LogP contribution is -1.88. The monoisotopic (exact) mass is 174 g/mol. The van der Waals surface area contributed by atoms with Gasteiger partial charge in [0.15, 0.2) is 5.76 Å². The van der Waals surface area contributed by atoms with Crippen LogP contribution in [0.5, 0.6) is 0 Å². The number of hydrogen-bond acceptors (Lipinski definition) is 3. The van der Waals surface area contributed by atoms with E-state index >= 15 is 0 Å². The lowest BCUT2D eigenvalue weighted by molar-refractivity contribution is 0.582. The Labute approximate surface area is 76.2 Å². The average Bonchev–Trinajstić information content (AvgIpc) is 2.52. The van der Waals surface area contributed by atoms with Crippen molar-refractivity contribution in [2.45, 2.75) is 6.92 Å². The highest BCUT2D eigenvalue weighted by Crippen LogP contribution is 2.28. The summed E-state index contributed by atoms with van der Waals surface area (Å²) in [4.78, 5) is 4.03. The molecule has 0 fully saturated rings. The van der Waals surface area contributed by atoms with E-state index in [1.165, 1.54) is 0 Å². The minimum atomic E-state index is 0.649. The molecule has 66 valence electrons. The third-order valence-electron chi connectivity index (χ3n) is 1.98. The van der Waals surface area contributed by atoms with Crippen LogP contribution in [0.4, 0.5) is 5.69 Å². The van der Waals surface area contributed by atoms with Crippen LogP contribution in [0.1, 0.15) is 5.56 Å². The van der Waals surface area contributed by atoms with Crippen molar-refractivity contribution in [3.8, 4) is 11.3 Å². The molecule has 2 heterocycles. The van der Waals surface area contributed by atoms with Crippen molar-refractivity contribution in [3.63, 3.8) is 0 Å². The maximum atomic E-state index is 5.72. The van der Waals surface area contributed by atoms with Crippen LogP contribution in [0.25, 0.3) is 11.3 Å². The van der Waals surface area contributed by atoms with Crippen LogP contribution in [-0.2, 0) is 0 Å². The number of hydrogen-bond donors (Lipinski definition) is 1. The van der Waals surface area contributed by atoms with Gasteiger partial charge < -0.3 is 10.2 Å². The minimum absolute atomic E-state index is 0.649. The first kappa shape index (κ1) is 7.86. The molecule has 2 rings (SSSR count). The highest BCUT2D eigenvalue weighted by atomic mass is 16.3. The first-order chi connectivity index (χ1) is 6.29. The van der Waals surface area contributed by atoms with Crippen molar-refractivity contribution >= 4 is 5.69 Å². The van der Waals surface area contributed by atoms with E-state index in [4.69, 9.17) is 10.2 Å². The van der Waals surface area contributed by atoms with Gasteiger partial charge in [0, 0.05) is 24.0 Å². The Morgan fingerprint density at radius 2 is 2.23 bits per heavy atom. The fourth-order valence-corrected chi connectivity index (χ4v) is 1.24. The molecule has 0 bridgehead atoms. The summed E-state index contributed by atoms with van der Waals surface area (Å²) < 4.78 is 5.27. The molecule has 0 spiro atoms. The smallest absolute Gasteiger partial charge is 0.158 e. The second-order valence-electron chi connectivity index (χ2n) is 2.90. The SMILES string of the molecule is Cc1ccncc1-c1occc1N. The van der Waals surface area contributed by atoms with Crippen LogP contribution in [0, 0.1) is 6.92 Å². The molecule has 0 radical (unpaired) electrons. The van der Waals surface area contributed by atoms with E-state index in [9.17, 15) is 0 Å². The van der Waals surface area contributed by atoms with E-state index < -0.39 is 0 Å². The van der Waals surface area contributed by atoms with Gasteiger partial charge >= 0.3 is 0 Å². The third kappa shape index (κ3) is 1.28. The molecule has 3 heteroatoms. The molecule has 2 aromatic rings. The standard InChI is InChI=1S/C10H10N2O/c1-7-2-4-12-6-8(7)10-9(11)3-5-13-10/h2-6H,11H2,1H3. The van der Waals surface area contributed by atoms with Crippen LogP contribution < -0.4 is 5.73 Å². The number of anilines is 1. The highest BCUT2D eigenvalue weighted by molar-refractivity contribution is 5.72. The summed E-state index contributed by atoms with van der Waals surface area (Å²) in [6.45, 7) is 2.00. The molecule has 0 saturated carbocycles. The van der Waals surface area contributed by atoms with E-state index in [1.807, 2.05) is 13.0 Å². The zero-order chi connectivity index (χ0) is 9.26. The Morgan fingerprint density at radius 3 is 2.85 bits per heavy atom. The van der Waals surface area contributed by atoms with Crippen molar-refractivity contribution in [2.75, 3.05) is 5.73 Å². The zero-order valence-electron chi connectivity index (χ0n) is 7.32. The molecule has 0 saturated heterocycles. The Kier molecular flexibility index (Phi) is 1.77. The molecule has 0 amide bonds. The van der Waals surface area contributed by atoms with E-state index in [0.29, 0.717) is 11.4 Å². The predicted molar refractivity (Wildman–Crippen MR) is 51.1 cm³/mol. The largest absolute Gasteiger partial charge is 0.462 e. The maximum Gasteiger partial charge on any atom is 0.158 e. The first-order valence-electron chi connectivity index (χ1n) is 4.03. The average molecular weight is 174 g/mol. The summed E-state index contributed by atoms with van der Waals surface area (Å²) >= 11 is 0. The van der Waals surface area contributed by atoms with Gasteiger partial charge in [-0.2, -0.15) is 0 Å². The van der Waals surface area contributed by atoms with Gasteiger partial charge in [-0.1, -0.05) is 0 Å². The van der Waals surface area contributed by atoms with Gasteiger partial charge in [-0.05, 0) is 18.6 Å². The van der Waals surface area contributed by atoms with Crippen LogP contribution in [0.3, 0.4) is 0 Å². The zero-order valence-corrected chi connectivity index (χ0v) is 7.32. The van der Waals surface area contributed by atoms with Crippen molar-refractivity contribution in [1.82, 2.24) is 4.98 Å². The fourth-order valence-electron chi connectivity index (χ4n) is 1.24. The van der Waals surface area contributed by atoms with Crippen LogP contribution in [0.15, 0.2) is 35.2 Å². The van der Waals surface area contributed by atoms with Gasteiger partial charge in [0.1, 0.15) is 0 Å². The summed E-state index contributed by atoms with van der Waals surface area (Å²) in [5.41, 5.74) is 8.43. The van der Waals surface area contributed by atoms with E-state index in [-0.39, 0.29) is 0 Å². The van der Waals surface area contributed by atoms with Gasteiger partial charge in [0.2, 0.25) is 0 Å². The molecule has 13 heavy (non-hydrogen) atoms. The lowest BCUT2D eigenvalue weighted by Gasteiger charge is -2.01. The number of furan rings is 1. The van der Waals surface area contributed by atoms with Gasteiger partial charge in [0.05, 0.1) is 12.0 Å². The van der Waals surface area contributed by atoms with E-state index in [0.717, 1.165) is 11.1 Å². The van der Waals surface area contributed by atoms with Crippen LogP contribution in [-0.4, -0.2) is 4.98 Å². The summed E-state index contributed by atoms with van der Waals surface area (Å²) in [7, 11) is 0. The molecule has 0 aliphatic rings. The number of rotatable bonds is 1. The maximum absolute atomic E-state index is 5.72. The molecule has 3 nitrogen and oxygen atoms in total. The molecule has 2 N–H and O–H groups in total. The number of nitrogens with zero attached hydrogens (tertiary/aromatic N) is 1. The lowest BCUT2D eigenvalue weighted by atomic mass is 10.1. The molecule has 0 aromatic carbocycles. The molecular formula is C10H10N2O. The molecule has 0 aliphatic carbocycles. The molecule has 0 unspecified atom stereocenters. The fraction of sp³-hybridized carbons (Fsp3) is 0.100. The van der Waals surface area contributed by atoms with Crippen LogP contribution in [0.2, 0.25) is 0 Å². The molecule has 0 atom stereocenters. The second kappa shape index (κ2) is 2.94. The third-order valence-corrected chi connectivity index (χ3v) is 1.98. The van der Waals surface area contributed by atoms with Crippen molar-refractivity contribution in [3.05, 3.63) is 36.4 Å². The number of nitrogens with two attached hydrogens (primary N) is 1. The van der Waals surface area contributed by atoms with Crippen molar-refractivity contribution in [2.24, 2.45) is 0 Å². The number of pyridine rings is 1. The normalized spacial score (nSPS) is 10.2. The first-order valence-corrected chi connectivity index (χ1v) is 4.03. The summed E-state index contributed by atoms with van der Waals surface area (Å²) in [6, 6.07) is 3.67. The molecule has 0 aliphatic heterocycles. The Balaban J connectivity index is 2.59. The quantitative estimate of drug-likeness (QED) is 0.721. The molecular weight excluding hydrogens is 164 g/mol. The Hall–Kier alpha value is -1.77. The summed E-state index contributed by atoms with van der Waals surface area (Å²) in [6.07, 6.45) is 5.08. The van der Waals surface area contributed by atoms with Crippen molar-refractivity contribution < 1.29 is 4.42 Å². The predicted octanol–water partition coefficient (Wildman–Crippen LogP) is 2.23. The summed E-state index contributed by atoms with van der Waals surface area (Å²) in [5.74, 6) is 0.700. The number of aromatic nitrogens is 1. The topological polar surface area (TPSA) is 52.0 Å². The van der Waals surface area contributed by atoms with E-state index in [1.54, 1.807) is 24.7 Å². The second-order valence-corrected chi connectivity index (χ2v) is 2.90. The van der Waals surface area contributed by atoms with Gasteiger partial charge in [-0.15, -0.1) is 0 Å². The van der Waals surface area contributed by atoms with Crippen molar-refractivity contribution in [1.29, 1.82) is 0 Å². The minimum Gasteiger partial charge on any atom is -0.462 e. The highest BCUT2D eigenvalue weighted by Gasteiger charge is 2.08.